The van der Waals surface area contributed by atoms with Crippen molar-refractivity contribution in [3.63, 3.8) is 0 Å². The van der Waals surface area contributed by atoms with E-state index < -0.39 is 6.03 Å². The number of nitrogens with one attached hydrogen (secondary N) is 1. The van der Waals surface area contributed by atoms with E-state index in [4.69, 9.17) is 23.2 Å². The first-order chi connectivity index (χ1) is 12.3. The number of benzene rings is 1. The maximum Gasteiger partial charge on any atom is 0.329 e. The standard InChI is InChI=1S/C19H19Cl2N3O2/c1-4-23-11(2)7-14(12(23)3)9-17-18(25)24(19(26)22-17)10-13-5-6-15(20)16(21)8-13/h5-9H,4,10H2,1-3H3,(H,22,26)/b17-9-. The van der Waals surface area contributed by atoms with Gasteiger partial charge in [-0.2, -0.15) is 0 Å². The van der Waals surface area contributed by atoms with E-state index in [-0.39, 0.29) is 18.1 Å². The van der Waals surface area contributed by atoms with Gasteiger partial charge in [-0.05, 0) is 56.2 Å². The predicted octanol–water partition coefficient (Wildman–Crippen LogP) is 4.52. The Bertz CT molecular complexity index is 931. The molecule has 3 amide bonds. The van der Waals surface area contributed by atoms with E-state index in [1.807, 2.05) is 19.9 Å². The van der Waals surface area contributed by atoms with Gasteiger partial charge in [0.1, 0.15) is 5.70 Å². The van der Waals surface area contributed by atoms with Gasteiger partial charge in [0.05, 0.1) is 16.6 Å². The molecule has 26 heavy (non-hydrogen) atoms. The molecule has 2 aromatic rings. The summed E-state index contributed by atoms with van der Waals surface area (Å²) in [6.07, 6.45) is 1.73. The number of carbonyl (C=O) groups is 2. The zero-order valence-corrected chi connectivity index (χ0v) is 16.3. The number of halogens is 2. The Balaban J connectivity index is 1.85. The molecule has 0 spiro atoms. The summed E-state index contributed by atoms with van der Waals surface area (Å²) >= 11 is 11.9. The van der Waals surface area contributed by atoms with Crippen molar-refractivity contribution < 1.29 is 9.59 Å². The average molecular weight is 392 g/mol. The maximum atomic E-state index is 12.7. The number of aromatic nitrogens is 1. The van der Waals surface area contributed by atoms with Crippen LogP contribution >= 0.6 is 23.2 Å². The molecule has 1 fully saturated rings. The van der Waals surface area contributed by atoms with E-state index in [9.17, 15) is 9.59 Å². The lowest BCUT2D eigenvalue weighted by Gasteiger charge is -2.12. The smallest absolute Gasteiger partial charge is 0.329 e. The molecule has 0 saturated carbocycles. The lowest BCUT2D eigenvalue weighted by Crippen LogP contribution is -2.30. The number of nitrogens with zero attached hydrogens (tertiary/aromatic N) is 2. The Hall–Kier alpha value is -2.24. The van der Waals surface area contributed by atoms with Crippen molar-refractivity contribution in [3.05, 3.63) is 62.5 Å². The number of urea groups is 1. The van der Waals surface area contributed by atoms with Gasteiger partial charge in [-0.3, -0.25) is 9.69 Å². The lowest BCUT2D eigenvalue weighted by atomic mass is 10.2. The Kier molecular flexibility index (Phi) is 5.12. The second kappa shape index (κ2) is 7.17. The number of hydrogen-bond acceptors (Lipinski definition) is 2. The van der Waals surface area contributed by atoms with Crippen LogP contribution in [0.1, 0.15) is 29.4 Å². The van der Waals surface area contributed by atoms with Crippen molar-refractivity contribution >= 4 is 41.2 Å². The SMILES string of the molecule is CCn1c(C)cc(/C=C2\NC(=O)N(Cc3ccc(Cl)c(Cl)c3)C2=O)c1C. The predicted molar refractivity (Wildman–Crippen MR) is 103 cm³/mol. The fourth-order valence-electron chi connectivity index (χ4n) is 3.15. The molecule has 5 nitrogen and oxygen atoms in total. The molecule has 1 aromatic carbocycles. The molecule has 0 bridgehead atoms. The topological polar surface area (TPSA) is 54.3 Å². The summed E-state index contributed by atoms with van der Waals surface area (Å²) in [6, 6.07) is 6.60. The number of hydrogen-bond donors (Lipinski definition) is 1. The fraction of sp³-hybridized carbons (Fsp3) is 0.263. The molecule has 7 heteroatoms. The molecule has 136 valence electrons. The molecular formula is C19H19Cl2N3O2. The molecule has 1 aromatic heterocycles. The van der Waals surface area contributed by atoms with Crippen LogP contribution < -0.4 is 5.32 Å². The van der Waals surface area contributed by atoms with Crippen LogP contribution in [0.4, 0.5) is 4.79 Å². The van der Waals surface area contributed by atoms with Gasteiger partial charge in [-0.25, -0.2) is 4.79 Å². The van der Waals surface area contributed by atoms with Gasteiger partial charge in [0.25, 0.3) is 5.91 Å². The van der Waals surface area contributed by atoms with Gasteiger partial charge < -0.3 is 9.88 Å². The van der Waals surface area contributed by atoms with Crippen LogP contribution in [-0.2, 0) is 17.9 Å². The molecule has 1 aliphatic heterocycles. The van der Waals surface area contributed by atoms with Gasteiger partial charge in [0, 0.05) is 17.9 Å². The van der Waals surface area contributed by atoms with Crippen LogP contribution in [0.5, 0.6) is 0 Å². The average Bonchev–Trinajstić information content (AvgIpc) is 3.01. The van der Waals surface area contributed by atoms with Crippen molar-refractivity contribution in [2.75, 3.05) is 0 Å². The largest absolute Gasteiger partial charge is 0.349 e. The molecule has 1 saturated heterocycles. The highest BCUT2D eigenvalue weighted by atomic mass is 35.5. The van der Waals surface area contributed by atoms with E-state index >= 15 is 0 Å². The monoisotopic (exact) mass is 391 g/mol. The number of aryl methyl sites for hydroxylation is 1. The summed E-state index contributed by atoms with van der Waals surface area (Å²) in [7, 11) is 0. The molecule has 2 heterocycles. The van der Waals surface area contributed by atoms with E-state index in [1.165, 1.54) is 0 Å². The molecule has 0 radical (unpaired) electrons. The number of rotatable bonds is 4. The summed E-state index contributed by atoms with van der Waals surface area (Å²) in [4.78, 5) is 26.1. The van der Waals surface area contributed by atoms with Crippen LogP contribution in [0.2, 0.25) is 10.0 Å². The molecule has 1 N–H and O–H groups in total. The second-order valence-corrected chi connectivity index (χ2v) is 7.01. The van der Waals surface area contributed by atoms with E-state index in [2.05, 4.69) is 16.8 Å². The third kappa shape index (κ3) is 3.37. The molecule has 1 aliphatic rings. The Morgan fingerprint density at radius 1 is 1.12 bits per heavy atom. The Labute approximate surface area is 162 Å². The van der Waals surface area contributed by atoms with Crippen molar-refractivity contribution in [1.82, 2.24) is 14.8 Å². The van der Waals surface area contributed by atoms with Gasteiger partial charge in [0.15, 0.2) is 0 Å². The minimum Gasteiger partial charge on any atom is -0.349 e. The highest BCUT2D eigenvalue weighted by molar-refractivity contribution is 6.42. The minimum atomic E-state index is -0.448. The lowest BCUT2D eigenvalue weighted by molar-refractivity contribution is -0.123. The second-order valence-electron chi connectivity index (χ2n) is 6.20. The zero-order chi connectivity index (χ0) is 19.0. The van der Waals surface area contributed by atoms with E-state index in [0.717, 1.165) is 34.0 Å². The number of amides is 3. The molecule has 3 rings (SSSR count). The maximum absolute atomic E-state index is 12.7. The molecule has 0 aliphatic carbocycles. The Morgan fingerprint density at radius 3 is 2.46 bits per heavy atom. The first-order valence-electron chi connectivity index (χ1n) is 8.27. The van der Waals surface area contributed by atoms with Gasteiger partial charge >= 0.3 is 6.03 Å². The summed E-state index contributed by atoms with van der Waals surface area (Å²) in [5, 5.41) is 3.47. The van der Waals surface area contributed by atoms with Crippen LogP contribution in [0, 0.1) is 13.8 Å². The van der Waals surface area contributed by atoms with Crippen molar-refractivity contribution in [2.45, 2.75) is 33.9 Å². The summed E-state index contributed by atoms with van der Waals surface area (Å²) in [5.41, 5.74) is 4.09. The Morgan fingerprint density at radius 2 is 1.85 bits per heavy atom. The van der Waals surface area contributed by atoms with Gasteiger partial charge in [-0.1, -0.05) is 29.3 Å². The summed E-state index contributed by atoms with van der Waals surface area (Å²) < 4.78 is 2.15. The van der Waals surface area contributed by atoms with E-state index in [0.29, 0.717) is 10.0 Å². The number of imide groups is 1. The van der Waals surface area contributed by atoms with Crippen molar-refractivity contribution in [3.8, 4) is 0 Å². The van der Waals surface area contributed by atoms with Gasteiger partial charge in [-0.15, -0.1) is 0 Å². The summed E-state index contributed by atoms with van der Waals surface area (Å²) in [6.45, 7) is 7.07. The van der Waals surface area contributed by atoms with Crippen LogP contribution in [-0.4, -0.2) is 21.4 Å². The zero-order valence-electron chi connectivity index (χ0n) is 14.8. The molecular weight excluding hydrogens is 373 g/mol. The fourth-order valence-corrected chi connectivity index (χ4v) is 3.47. The third-order valence-electron chi connectivity index (χ3n) is 4.52. The van der Waals surface area contributed by atoms with Crippen molar-refractivity contribution in [1.29, 1.82) is 0 Å². The highest BCUT2D eigenvalue weighted by Crippen LogP contribution is 2.25. The van der Waals surface area contributed by atoms with Crippen molar-refractivity contribution in [2.24, 2.45) is 0 Å². The third-order valence-corrected chi connectivity index (χ3v) is 5.25. The van der Waals surface area contributed by atoms with Crippen LogP contribution in [0.3, 0.4) is 0 Å². The molecule has 0 atom stereocenters. The summed E-state index contributed by atoms with van der Waals surface area (Å²) in [5.74, 6) is -0.359. The quantitative estimate of drug-likeness (QED) is 0.614. The number of carbonyl (C=O) groups excluding carboxylic acids is 2. The first-order valence-corrected chi connectivity index (χ1v) is 9.02. The highest BCUT2D eigenvalue weighted by Gasteiger charge is 2.33. The molecule has 0 unspecified atom stereocenters. The van der Waals surface area contributed by atoms with Gasteiger partial charge in [0.2, 0.25) is 0 Å². The minimum absolute atomic E-state index is 0.132. The van der Waals surface area contributed by atoms with Crippen LogP contribution in [0.15, 0.2) is 30.0 Å². The van der Waals surface area contributed by atoms with E-state index in [1.54, 1.807) is 24.3 Å². The van der Waals surface area contributed by atoms with Crippen LogP contribution in [0.25, 0.3) is 6.08 Å². The normalized spacial score (nSPS) is 15.9. The first kappa shape index (κ1) is 18.5.